The molecule has 1 aliphatic rings. The fourth-order valence-corrected chi connectivity index (χ4v) is 2.15. The lowest BCUT2D eigenvalue weighted by atomic mass is 9.95. The van der Waals surface area contributed by atoms with Crippen molar-refractivity contribution >= 4 is 17.9 Å². The highest BCUT2D eigenvalue weighted by atomic mass is 16.5. The zero-order valence-corrected chi connectivity index (χ0v) is 12.1. The van der Waals surface area contributed by atoms with Gasteiger partial charge in [-0.1, -0.05) is 6.92 Å². The van der Waals surface area contributed by atoms with E-state index in [1.54, 1.807) is 6.92 Å². The van der Waals surface area contributed by atoms with Crippen LogP contribution in [-0.4, -0.2) is 41.3 Å². The van der Waals surface area contributed by atoms with E-state index in [1.165, 1.54) is 0 Å². The summed E-state index contributed by atoms with van der Waals surface area (Å²) in [6, 6.07) is -0.572. The number of nitrogens with one attached hydrogen (secondary N) is 2. The number of hydrogen-bond acceptors (Lipinski definition) is 4. The number of rotatable bonds is 5. The van der Waals surface area contributed by atoms with E-state index in [-0.39, 0.29) is 24.9 Å². The van der Waals surface area contributed by atoms with Gasteiger partial charge in [-0.3, -0.25) is 14.9 Å². The minimum Gasteiger partial charge on any atom is -0.481 e. The number of carboxylic acid groups (broad SMARTS) is 1. The number of carbonyl (C=O) groups is 3. The molecule has 1 saturated heterocycles. The minimum absolute atomic E-state index is 0.00247. The van der Waals surface area contributed by atoms with E-state index in [2.05, 4.69) is 10.6 Å². The summed E-state index contributed by atoms with van der Waals surface area (Å²) >= 11 is 0. The van der Waals surface area contributed by atoms with Crippen LogP contribution in [0.15, 0.2) is 0 Å². The van der Waals surface area contributed by atoms with Gasteiger partial charge in [0.15, 0.2) is 0 Å². The van der Waals surface area contributed by atoms with Crippen molar-refractivity contribution in [3.05, 3.63) is 0 Å². The lowest BCUT2D eigenvalue weighted by Gasteiger charge is -2.28. The molecule has 7 heteroatoms. The topological polar surface area (TPSA) is 105 Å². The molecule has 1 rings (SSSR count). The molecule has 1 fully saturated rings. The molecule has 0 aromatic carbocycles. The predicted molar refractivity (Wildman–Crippen MR) is 71.1 cm³/mol. The molecule has 0 spiro atoms. The fourth-order valence-electron chi connectivity index (χ4n) is 2.15. The van der Waals surface area contributed by atoms with E-state index >= 15 is 0 Å². The highest BCUT2D eigenvalue weighted by Gasteiger charge is 2.38. The molecule has 0 aliphatic carbocycles. The number of imide groups is 1. The number of ether oxygens (including phenoxy) is 1. The van der Waals surface area contributed by atoms with Gasteiger partial charge in [-0.2, -0.15) is 0 Å². The van der Waals surface area contributed by atoms with Gasteiger partial charge in [-0.25, -0.2) is 4.79 Å². The van der Waals surface area contributed by atoms with Gasteiger partial charge in [-0.05, 0) is 26.2 Å². The first-order valence-corrected chi connectivity index (χ1v) is 6.68. The normalized spacial score (nSPS) is 26.9. The summed E-state index contributed by atoms with van der Waals surface area (Å²) in [5, 5.41) is 13.6. The maximum atomic E-state index is 11.7. The largest absolute Gasteiger partial charge is 0.481 e. The third-order valence-corrected chi connectivity index (χ3v) is 3.60. The van der Waals surface area contributed by atoms with Crippen molar-refractivity contribution in [2.45, 2.75) is 51.7 Å². The summed E-state index contributed by atoms with van der Waals surface area (Å²) < 4.78 is 5.39. The molecule has 7 nitrogen and oxygen atoms in total. The van der Waals surface area contributed by atoms with Crippen LogP contribution in [0.2, 0.25) is 0 Å². The summed E-state index contributed by atoms with van der Waals surface area (Å²) in [5.74, 6) is -1.75. The number of carbonyl (C=O) groups excluding carboxylic acids is 2. The molecule has 3 N–H and O–H groups in total. The van der Waals surface area contributed by atoms with E-state index in [4.69, 9.17) is 9.84 Å². The molecule has 1 aliphatic heterocycles. The van der Waals surface area contributed by atoms with Crippen LogP contribution in [0.25, 0.3) is 0 Å². The Balaban J connectivity index is 2.38. The number of aliphatic carboxylic acids is 1. The van der Waals surface area contributed by atoms with Crippen molar-refractivity contribution in [3.63, 3.8) is 0 Å². The summed E-state index contributed by atoms with van der Waals surface area (Å²) in [5.41, 5.74) is -0.489. The van der Waals surface area contributed by atoms with Gasteiger partial charge in [0.25, 0.3) is 0 Å². The number of urea groups is 1. The summed E-state index contributed by atoms with van der Waals surface area (Å²) in [4.78, 5) is 33.9. The first-order chi connectivity index (χ1) is 9.23. The molecule has 0 radical (unpaired) electrons. The van der Waals surface area contributed by atoms with E-state index in [1.807, 2.05) is 13.8 Å². The van der Waals surface area contributed by atoms with Gasteiger partial charge in [0, 0.05) is 19.4 Å². The van der Waals surface area contributed by atoms with Crippen molar-refractivity contribution < 1.29 is 24.2 Å². The Morgan fingerprint density at radius 3 is 2.55 bits per heavy atom. The van der Waals surface area contributed by atoms with Crippen molar-refractivity contribution in [2.75, 3.05) is 6.61 Å². The average molecular weight is 286 g/mol. The summed E-state index contributed by atoms with van der Waals surface area (Å²) in [6.07, 6.45) is 0.472. The molecule has 3 amide bonds. The van der Waals surface area contributed by atoms with Crippen LogP contribution in [0.1, 0.15) is 40.0 Å². The van der Waals surface area contributed by atoms with Gasteiger partial charge in [-0.15, -0.1) is 0 Å². The second-order valence-corrected chi connectivity index (χ2v) is 5.59. The third kappa shape index (κ3) is 4.80. The quantitative estimate of drug-likeness (QED) is 0.696. The van der Waals surface area contributed by atoms with Gasteiger partial charge < -0.3 is 15.2 Å². The molecule has 0 bridgehead atoms. The molecule has 3 atom stereocenters. The smallest absolute Gasteiger partial charge is 0.321 e. The minimum atomic E-state index is -0.959. The molecule has 1 heterocycles. The summed E-state index contributed by atoms with van der Waals surface area (Å²) in [6.45, 7) is 5.95. The van der Waals surface area contributed by atoms with Gasteiger partial charge >= 0.3 is 12.0 Å². The lowest BCUT2D eigenvalue weighted by Crippen LogP contribution is -2.55. The monoisotopic (exact) mass is 286 g/mol. The van der Waals surface area contributed by atoms with Crippen molar-refractivity contribution in [3.8, 4) is 0 Å². The van der Waals surface area contributed by atoms with Crippen molar-refractivity contribution in [1.82, 2.24) is 10.6 Å². The highest BCUT2D eigenvalue weighted by molar-refractivity contribution is 5.94. The maximum Gasteiger partial charge on any atom is 0.321 e. The average Bonchev–Trinajstić information content (AvgIpc) is 2.56. The Kier molecular flexibility index (Phi) is 5.50. The zero-order valence-electron chi connectivity index (χ0n) is 12.1. The lowest BCUT2D eigenvalue weighted by molar-refractivity contribution is -0.138. The van der Waals surface area contributed by atoms with Crippen LogP contribution in [-0.2, 0) is 14.3 Å². The predicted octanol–water partition coefficient (Wildman–Crippen LogP) is 0.881. The van der Waals surface area contributed by atoms with E-state index < -0.39 is 23.4 Å². The van der Waals surface area contributed by atoms with Gasteiger partial charge in [0.05, 0.1) is 11.6 Å². The van der Waals surface area contributed by atoms with E-state index in [0.29, 0.717) is 13.0 Å². The van der Waals surface area contributed by atoms with E-state index in [9.17, 15) is 14.4 Å². The number of carboxylic acids is 1. The molecule has 114 valence electrons. The SMILES string of the molecule is CC(CC(=O)O)CC(=O)NC(=O)NC1(C)CCOC1C. The Morgan fingerprint density at radius 1 is 1.40 bits per heavy atom. The van der Waals surface area contributed by atoms with Crippen LogP contribution < -0.4 is 10.6 Å². The Morgan fingerprint density at radius 2 is 2.05 bits per heavy atom. The first-order valence-electron chi connectivity index (χ1n) is 6.68. The molecule has 20 heavy (non-hydrogen) atoms. The molecular formula is C13H22N2O5. The Labute approximate surface area is 118 Å². The van der Waals surface area contributed by atoms with Crippen molar-refractivity contribution in [1.29, 1.82) is 0 Å². The highest BCUT2D eigenvalue weighted by Crippen LogP contribution is 2.24. The number of hydrogen-bond donors (Lipinski definition) is 3. The van der Waals surface area contributed by atoms with E-state index in [0.717, 1.165) is 0 Å². The maximum absolute atomic E-state index is 11.7. The van der Waals surface area contributed by atoms with Crippen molar-refractivity contribution in [2.24, 2.45) is 5.92 Å². The van der Waals surface area contributed by atoms with Gasteiger partial charge in [0.2, 0.25) is 5.91 Å². The van der Waals surface area contributed by atoms with Gasteiger partial charge in [0.1, 0.15) is 0 Å². The molecule has 0 aromatic rings. The zero-order chi connectivity index (χ0) is 15.3. The molecule has 0 aromatic heterocycles. The van der Waals surface area contributed by atoms with Crippen LogP contribution in [0.5, 0.6) is 0 Å². The molecule has 3 unspecified atom stereocenters. The number of amides is 3. The van der Waals surface area contributed by atoms with Crippen LogP contribution >= 0.6 is 0 Å². The summed E-state index contributed by atoms with van der Waals surface area (Å²) in [7, 11) is 0. The van der Waals surface area contributed by atoms with Crippen LogP contribution in [0.3, 0.4) is 0 Å². The molecule has 0 saturated carbocycles. The molecular weight excluding hydrogens is 264 g/mol. The Bertz CT molecular complexity index is 398. The third-order valence-electron chi connectivity index (χ3n) is 3.60. The van der Waals surface area contributed by atoms with Crippen LogP contribution in [0.4, 0.5) is 4.79 Å². The first kappa shape index (κ1) is 16.4. The second-order valence-electron chi connectivity index (χ2n) is 5.59. The Hall–Kier alpha value is -1.63. The fraction of sp³-hybridized carbons (Fsp3) is 0.769. The van der Waals surface area contributed by atoms with Crippen LogP contribution in [0, 0.1) is 5.92 Å². The second kappa shape index (κ2) is 6.69. The standard InChI is InChI=1S/C13H22N2O5/c1-8(7-11(17)18)6-10(16)14-12(19)15-13(3)4-5-20-9(13)2/h8-9H,4-7H2,1-3H3,(H,17,18)(H2,14,15,16,19).